The zero-order chi connectivity index (χ0) is 11.5. The van der Waals surface area contributed by atoms with E-state index in [4.69, 9.17) is 11.0 Å². The lowest BCUT2D eigenvalue weighted by Gasteiger charge is -2.07. The van der Waals surface area contributed by atoms with Crippen molar-refractivity contribution < 1.29 is 0 Å². The highest BCUT2D eigenvalue weighted by atomic mass is 15.1. The van der Waals surface area contributed by atoms with Crippen LogP contribution in [0.1, 0.15) is 18.3 Å². The molecule has 1 aromatic carbocycles. The number of nitriles is 1. The zero-order valence-electron chi connectivity index (χ0n) is 9.01. The van der Waals surface area contributed by atoms with Crippen LogP contribution in [0.25, 0.3) is 5.69 Å². The third kappa shape index (κ3) is 1.63. The topological polar surface area (TPSA) is 67.6 Å². The van der Waals surface area contributed by atoms with Crippen molar-refractivity contribution >= 4 is 5.69 Å². The number of nitrogens with two attached hydrogens (primary N) is 1. The van der Waals surface area contributed by atoms with Crippen molar-refractivity contribution in [1.82, 2.24) is 9.55 Å². The SMILES string of the molecule is CCc1nccn1-c1ccc(C#N)c(N)c1. The molecule has 4 nitrogen and oxygen atoms in total. The molecule has 2 aromatic rings. The van der Waals surface area contributed by atoms with Gasteiger partial charge in [-0.05, 0) is 18.2 Å². The molecule has 0 radical (unpaired) electrons. The first-order valence-electron chi connectivity index (χ1n) is 5.08. The summed E-state index contributed by atoms with van der Waals surface area (Å²) in [4.78, 5) is 4.24. The molecule has 0 amide bonds. The van der Waals surface area contributed by atoms with Crippen LogP contribution < -0.4 is 5.73 Å². The maximum Gasteiger partial charge on any atom is 0.112 e. The molecule has 0 aliphatic rings. The number of rotatable bonds is 2. The number of aryl methyl sites for hydroxylation is 1. The van der Waals surface area contributed by atoms with Crippen molar-refractivity contribution in [3.8, 4) is 11.8 Å². The van der Waals surface area contributed by atoms with Crippen LogP contribution in [0, 0.1) is 11.3 Å². The Bertz CT molecular complexity index is 548. The van der Waals surface area contributed by atoms with Gasteiger partial charge in [0.25, 0.3) is 0 Å². The van der Waals surface area contributed by atoms with E-state index in [0.29, 0.717) is 11.3 Å². The molecular weight excluding hydrogens is 200 g/mol. The first-order chi connectivity index (χ1) is 7.76. The number of nitrogen functional groups attached to an aromatic ring is 1. The minimum atomic E-state index is 0.496. The van der Waals surface area contributed by atoms with Gasteiger partial charge in [-0.3, -0.25) is 0 Å². The van der Waals surface area contributed by atoms with Gasteiger partial charge in [0, 0.05) is 24.5 Å². The number of hydrogen-bond donors (Lipinski definition) is 1. The molecule has 0 aliphatic carbocycles. The summed E-state index contributed by atoms with van der Waals surface area (Å²) in [5, 5.41) is 8.79. The minimum absolute atomic E-state index is 0.496. The number of imidazole rings is 1. The van der Waals surface area contributed by atoms with Gasteiger partial charge in [-0.1, -0.05) is 6.92 Å². The maximum atomic E-state index is 8.79. The van der Waals surface area contributed by atoms with Gasteiger partial charge in [0.2, 0.25) is 0 Å². The summed E-state index contributed by atoms with van der Waals surface area (Å²) >= 11 is 0. The van der Waals surface area contributed by atoms with Crippen molar-refractivity contribution in [2.75, 3.05) is 5.73 Å². The lowest BCUT2D eigenvalue weighted by Crippen LogP contribution is -2.00. The van der Waals surface area contributed by atoms with Crippen LogP contribution in [0.2, 0.25) is 0 Å². The lowest BCUT2D eigenvalue weighted by atomic mass is 10.2. The summed E-state index contributed by atoms with van der Waals surface area (Å²) in [7, 11) is 0. The molecule has 4 heteroatoms. The Morgan fingerprint density at radius 2 is 2.31 bits per heavy atom. The van der Waals surface area contributed by atoms with Gasteiger partial charge >= 0.3 is 0 Å². The Morgan fingerprint density at radius 3 is 2.94 bits per heavy atom. The fourth-order valence-corrected chi connectivity index (χ4v) is 1.63. The smallest absolute Gasteiger partial charge is 0.112 e. The van der Waals surface area contributed by atoms with Crippen molar-refractivity contribution in [3.63, 3.8) is 0 Å². The fourth-order valence-electron chi connectivity index (χ4n) is 1.63. The zero-order valence-corrected chi connectivity index (χ0v) is 9.01. The summed E-state index contributed by atoms with van der Waals surface area (Å²) < 4.78 is 1.97. The van der Waals surface area contributed by atoms with E-state index in [-0.39, 0.29) is 0 Å². The van der Waals surface area contributed by atoms with Gasteiger partial charge in [0.05, 0.1) is 11.3 Å². The van der Waals surface area contributed by atoms with Crippen LogP contribution >= 0.6 is 0 Å². The van der Waals surface area contributed by atoms with Gasteiger partial charge in [0.15, 0.2) is 0 Å². The van der Waals surface area contributed by atoms with Crippen molar-refractivity contribution in [2.45, 2.75) is 13.3 Å². The quantitative estimate of drug-likeness (QED) is 0.773. The Balaban J connectivity index is 2.50. The molecule has 0 fully saturated rings. The number of aromatic nitrogens is 2. The Hall–Kier alpha value is -2.28. The lowest BCUT2D eigenvalue weighted by molar-refractivity contribution is 0.891. The molecule has 0 saturated heterocycles. The van der Waals surface area contributed by atoms with Crippen molar-refractivity contribution in [1.29, 1.82) is 5.26 Å². The van der Waals surface area contributed by atoms with Gasteiger partial charge in [-0.2, -0.15) is 5.26 Å². The monoisotopic (exact) mass is 212 g/mol. The number of nitrogens with zero attached hydrogens (tertiary/aromatic N) is 3. The van der Waals surface area contributed by atoms with Crippen LogP contribution in [0.3, 0.4) is 0 Å². The van der Waals surface area contributed by atoms with Gasteiger partial charge in [0.1, 0.15) is 11.9 Å². The summed E-state index contributed by atoms with van der Waals surface area (Å²) in [6, 6.07) is 7.43. The molecule has 1 heterocycles. The molecular formula is C12H12N4. The molecule has 1 aromatic heterocycles. The van der Waals surface area contributed by atoms with E-state index in [1.807, 2.05) is 29.8 Å². The van der Waals surface area contributed by atoms with Crippen LogP contribution in [-0.4, -0.2) is 9.55 Å². The van der Waals surface area contributed by atoms with Crippen LogP contribution in [0.5, 0.6) is 0 Å². The molecule has 80 valence electrons. The molecule has 0 atom stereocenters. The average Bonchev–Trinajstić information content (AvgIpc) is 2.77. The average molecular weight is 212 g/mol. The second-order valence-electron chi connectivity index (χ2n) is 3.45. The summed E-state index contributed by atoms with van der Waals surface area (Å²) in [5.74, 6) is 0.976. The molecule has 0 aliphatic heterocycles. The highest BCUT2D eigenvalue weighted by molar-refractivity contribution is 5.59. The molecule has 0 unspecified atom stereocenters. The fraction of sp³-hybridized carbons (Fsp3) is 0.167. The normalized spacial score (nSPS) is 10.0. The molecule has 2 rings (SSSR count). The van der Waals surface area contributed by atoms with E-state index >= 15 is 0 Å². The number of hydrogen-bond acceptors (Lipinski definition) is 3. The van der Waals surface area contributed by atoms with Crippen LogP contribution in [-0.2, 0) is 6.42 Å². The van der Waals surface area contributed by atoms with E-state index in [0.717, 1.165) is 17.9 Å². The summed E-state index contributed by atoms with van der Waals surface area (Å²) in [6.07, 6.45) is 4.50. The Morgan fingerprint density at radius 1 is 1.50 bits per heavy atom. The second kappa shape index (κ2) is 4.07. The number of benzene rings is 1. The molecule has 2 N–H and O–H groups in total. The summed E-state index contributed by atoms with van der Waals surface area (Å²) in [5.41, 5.74) is 7.71. The van der Waals surface area contributed by atoms with Gasteiger partial charge in [-0.15, -0.1) is 0 Å². The van der Waals surface area contributed by atoms with Crippen LogP contribution in [0.15, 0.2) is 30.6 Å². The van der Waals surface area contributed by atoms with E-state index < -0.39 is 0 Å². The molecule has 16 heavy (non-hydrogen) atoms. The highest BCUT2D eigenvalue weighted by Gasteiger charge is 2.05. The van der Waals surface area contributed by atoms with Crippen LogP contribution in [0.4, 0.5) is 5.69 Å². The van der Waals surface area contributed by atoms with E-state index in [2.05, 4.69) is 4.98 Å². The Kier molecular flexibility index (Phi) is 2.61. The summed E-state index contributed by atoms with van der Waals surface area (Å²) in [6.45, 7) is 2.05. The number of anilines is 1. The van der Waals surface area contributed by atoms with Gasteiger partial charge in [-0.25, -0.2) is 4.98 Å². The first kappa shape index (κ1) is 10.2. The first-order valence-corrected chi connectivity index (χ1v) is 5.08. The molecule has 0 saturated carbocycles. The standard InChI is InChI=1S/C12H12N4/c1-2-12-15-5-6-16(12)10-4-3-9(8-13)11(14)7-10/h3-7H,2,14H2,1H3. The Labute approximate surface area is 94.0 Å². The largest absolute Gasteiger partial charge is 0.398 e. The highest BCUT2D eigenvalue weighted by Crippen LogP contribution is 2.18. The van der Waals surface area contributed by atoms with Gasteiger partial charge < -0.3 is 10.3 Å². The molecule has 0 spiro atoms. The molecule has 0 bridgehead atoms. The third-order valence-corrected chi connectivity index (χ3v) is 2.47. The predicted molar refractivity (Wildman–Crippen MR) is 62.1 cm³/mol. The third-order valence-electron chi connectivity index (χ3n) is 2.47. The minimum Gasteiger partial charge on any atom is -0.398 e. The van der Waals surface area contributed by atoms with E-state index in [1.165, 1.54) is 0 Å². The second-order valence-corrected chi connectivity index (χ2v) is 3.45. The maximum absolute atomic E-state index is 8.79. The van der Waals surface area contributed by atoms with Crippen molar-refractivity contribution in [2.24, 2.45) is 0 Å². The van der Waals surface area contributed by atoms with E-state index in [9.17, 15) is 0 Å². The van der Waals surface area contributed by atoms with Crippen molar-refractivity contribution in [3.05, 3.63) is 42.0 Å². The van der Waals surface area contributed by atoms with E-state index in [1.54, 1.807) is 18.3 Å². The predicted octanol–water partition coefficient (Wildman–Crippen LogP) is 1.89.